The molecule has 156 valence electrons. The molecule has 0 radical (unpaired) electrons. The highest BCUT2D eigenvalue weighted by molar-refractivity contribution is 6.30. The Morgan fingerprint density at radius 2 is 1.50 bits per heavy atom. The number of carbonyl (C=O) groups excluding carboxylic acids is 1. The molecule has 30 heavy (non-hydrogen) atoms. The smallest absolute Gasteiger partial charge is 0.289 e. The van der Waals surface area contributed by atoms with Crippen molar-refractivity contribution >= 4 is 17.5 Å². The van der Waals surface area contributed by atoms with Crippen LogP contribution in [0.3, 0.4) is 0 Å². The molecule has 1 aliphatic heterocycles. The molecule has 0 bridgehead atoms. The molecule has 0 aliphatic carbocycles. The number of nitrogens with zero attached hydrogens (tertiary/aromatic N) is 2. The Kier molecular flexibility index (Phi) is 6.88. The first kappa shape index (κ1) is 20.7. The Hall–Kier alpha value is -2.56. The monoisotopic (exact) mass is 422 g/mol. The first-order chi connectivity index (χ1) is 14.7. The van der Waals surface area contributed by atoms with E-state index in [1.165, 1.54) is 17.5 Å². The summed E-state index contributed by atoms with van der Waals surface area (Å²) in [6, 6.07) is 22.1. The molecule has 5 heteroatoms. The lowest BCUT2D eigenvalue weighted by Gasteiger charge is -2.25. The third-order valence-corrected chi connectivity index (χ3v) is 5.72. The Bertz CT molecular complexity index is 947. The Morgan fingerprint density at radius 1 is 0.833 bits per heavy atom. The van der Waals surface area contributed by atoms with Crippen LogP contribution in [0.25, 0.3) is 0 Å². The zero-order valence-corrected chi connectivity index (χ0v) is 17.9. The summed E-state index contributed by atoms with van der Waals surface area (Å²) in [4.78, 5) is 16.9. The van der Waals surface area contributed by atoms with E-state index in [-0.39, 0.29) is 5.91 Å². The van der Waals surface area contributed by atoms with Gasteiger partial charge in [-0.1, -0.05) is 54.1 Å². The Labute approximate surface area is 183 Å². The average Bonchev–Trinajstić information content (AvgIpc) is 3.24. The summed E-state index contributed by atoms with van der Waals surface area (Å²) in [6.07, 6.45) is 3.35. The molecule has 0 unspecified atom stereocenters. The van der Waals surface area contributed by atoms with Crippen molar-refractivity contribution in [3.8, 4) is 0 Å². The molecule has 1 fully saturated rings. The van der Waals surface area contributed by atoms with E-state index in [0.717, 1.165) is 49.8 Å². The van der Waals surface area contributed by atoms with Gasteiger partial charge in [-0.3, -0.25) is 9.69 Å². The van der Waals surface area contributed by atoms with Gasteiger partial charge in [0, 0.05) is 31.2 Å². The number of likely N-dealkylation sites (tertiary alicyclic amines) is 1. The first-order valence-electron chi connectivity index (χ1n) is 10.6. The number of hydrogen-bond donors (Lipinski definition) is 0. The van der Waals surface area contributed by atoms with Gasteiger partial charge in [0.1, 0.15) is 5.76 Å². The molecule has 4 nitrogen and oxygen atoms in total. The van der Waals surface area contributed by atoms with Crippen molar-refractivity contribution < 1.29 is 9.21 Å². The summed E-state index contributed by atoms with van der Waals surface area (Å²) in [5.41, 5.74) is 2.43. The van der Waals surface area contributed by atoms with Crippen LogP contribution in [0.1, 0.15) is 46.7 Å². The fraction of sp³-hybridized carbons (Fsp3) is 0.320. The number of hydrogen-bond acceptors (Lipinski definition) is 3. The minimum absolute atomic E-state index is 0.00765. The van der Waals surface area contributed by atoms with E-state index in [1.54, 1.807) is 0 Å². The SMILES string of the molecule is O=C(c1ccc(CN(Cc2ccccc2)Cc2ccc(Cl)cc2)o1)N1CCCCC1. The van der Waals surface area contributed by atoms with Crippen molar-refractivity contribution in [3.63, 3.8) is 0 Å². The van der Waals surface area contributed by atoms with Gasteiger partial charge < -0.3 is 9.32 Å². The molecule has 2 aromatic carbocycles. The maximum absolute atomic E-state index is 12.7. The van der Waals surface area contributed by atoms with E-state index in [1.807, 2.05) is 47.4 Å². The lowest BCUT2D eigenvalue weighted by atomic mass is 10.1. The molecule has 3 aromatic rings. The number of amides is 1. The van der Waals surface area contributed by atoms with Crippen molar-refractivity contribution in [1.82, 2.24) is 9.80 Å². The molecule has 0 saturated carbocycles. The topological polar surface area (TPSA) is 36.7 Å². The largest absolute Gasteiger partial charge is 0.455 e. The second-order valence-electron chi connectivity index (χ2n) is 7.88. The van der Waals surface area contributed by atoms with E-state index in [4.69, 9.17) is 16.0 Å². The van der Waals surface area contributed by atoms with Crippen LogP contribution in [-0.2, 0) is 19.6 Å². The van der Waals surface area contributed by atoms with Crippen LogP contribution < -0.4 is 0 Å². The van der Waals surface area contributed by atoms with Gasteiger partial charge in [0.2, 0.25) is 0 Å². The molecule has 1 saturated heterocycles. The predicted octanol–water partition coefficient (Wildman–Crippen LogP) is 5.76. The highest BCUT2D eigenvalue weighted by Crippen LogP contribution is 2.19. The van der Waals surface area contributed by atoms with Crippen molar-refractivity contribution in [2.24, 2.45) is 0 Å². The fourth-order valence-electron chi connectivity index (χ4n) is 3.91. The third-order valence-electron chi connectivity index (χ3n) is 5.46. The molecule has 1 aromatic heterocycles. The Morgan fingerprint density at radius 3 is 2.20 bits per heavy atom. The molecule has 0 N–H and O–H groups in total. The van der Waals surface area contributed by atoms with Crippen LogP contribution in [0.5, 0.6) is 0 Å². The second-order valence-corrected chi connectivity index (χ2v) is 8.31. The van der Waals surface area contributed by atoms with E-state index < -0.39 is 0 Å². The van der Waals surface area contributed by atoms with E-state index in [2.05, 4.69) is 29.2 Å². The standard InChI is InChI=1S/C25H27ClN2O2/c26-22-11-9-21(10-12-22)18-27(17-20-7-3-1-4-8-20)19-23-13-14-24(30-23)25(29)28-15-5-2-6-16-28/h1,3-4,7-14H,2,5-6,15-19H2. The summed E-state index contributed by atoms with van der Waals surface area (Å²) in [7, 11) is 0. The van der Waals surface area contributed by atoms with Gasteiger partial charge in [0.25, 0.3) is 5.91 Å². The van der Waals surface area contributed by atoms with E-state index >= 15 is 0 Å². The summed E-state index contributed by atoms with van der Waals surface area (Å²) >= 11 is 6.04. The number of rotatable bonds is 7. The highest BCUT2D eigenvalue weighted by atomic mass is 35.5. The summed E-state index contributed by atoms with van der Waals surface area (Å²) in [5, 5.41) is 0.736. The molecular weight excluding hydrogens is 396 g/mol. The molecule has 2 heterocycles. The number of benzene rings is 2. The van der Waals surface area contributed by atoms with Crippen molar-refractivity contribution in [3.05, 3.63) is 94.4 Å². The van der Waals surface area contributed by atoms with E-state index in [0.29, 0.717) is 12.3 Å². The zero-order chi connectivity index (χ0) is 20.8. The predicted molar refractivity (Wildman–Crippen MR) is 119 cm³/mol. The zero-order valence-electron chi connectivity index (χ0n) is 17.1. The van der Waals surface area contributed by atoms with Crippen molar-refractivity contribution in [2.45, 2.75) is 38.9 Å². The number of carbonyl (C=O) groups is 1. The van der Waals surface area contributed by atoms with E-state index in [9.17, 15) is 4.79 Å². The minimum atomic E-state index is 0.00765. The van der Waals surface area contributed by atoms with Crippen LogP contribution in [0.2, 0.25) is 5.02 Å². The summed E-state index contributed by atoms with van der Waals surface area (Å²) in [6.45, 7) is 3.84. The summed E-state index contributed by atoms with van der Waals surface area (Å²) < 4.78 is 5.97. The first-order valence-corrected chi connectivity index (χ1v) is 10.9. The number of piperidine rings is 1. The molecule has 1 aliphatic rings. The van der Waals surface area contributed by atoms with Crippen molar-refractivity contribution in [2.75, 3.05) is 13.1 Å². The third kappa shape index (κ3) is 5.53. The van der Waals surface area contributed by atoms with Gasteiger partial charge in [0.15, 0.2) is 5.76 Å². The van der Waals surface area contributed by atoms with Crippen LogP contribution in [0.15, 0.2) is 71.1 Å². The average molecular weight is 423 g/mol. The summed E-state index contributed by atoms with van der Waals surface area (Å²) in [5.74, 6) is 1.26. The van der Waals surface area contributed by atoms with Crippen LogP contribution >= 0.6 is 11.6 Å². The second kappa shape index (κ2) is 9.96. The Balaban J connectivity index is 1.47. The van der Waals surface area contributed by atoms with Gasteiger partial charge in [-0.25, -0.2) is 0 Å². The number of halogens is 1. The van der Waals surface area contributed by atoms with Gasteiger partial charge in [0.05, 0.1) is 6.54 Å². The van der Waals surface area contributed by atoms with Crippen LogP contribution in [0.4, 0.5) is 0 Å². The lowest BCUT2D eigenvalue weighted by Crippen LogP contribution is -2.35. The van der Waals surface area contributed by atoms with Crippen molar-refractivity contribution in [1.29, 1.82) is 0 Å². The maximum atomic E-state index is 12.7. The molecule has 1 amide bonds. The van der Waals surface area contributed by atoms with Gasteiger partial charge >= 0.3 is 0 Å². The lowest BCUT2D eigenvalue weighted by molar-refractivity contribution is 0.0687. The minimum Gasteiger partial charge on any atom is -0.455 e. The molecule has 4 rings (SSSR count). The van der Waals surface area contributed by atoms with Gasteiger partial charge in [-0.15, -0.1) is 0 Å². The van der Waals surface area contributed by atoms with Crippen LogP contribution in [0, 0.1) is 0 Å². The normalized spacial score (nSPS) is 14.3. The molecular formula is C25H27ClN2O2. The number of furan rings is 1. The maximum Gasteiger partial charge on any atom is 0.289 e. The van der Waals surface area contributed by atoms with Gasteiger partial charge in [-0.2, -0.15) is 0 Å². The fourth-order valence-corrected chi connectivity index (χ4v) is 4.03. The van der Waals surface area contributed by atoms with Gasteiger partial charge in [-0.05, 0) is 54.7 Å². The molecule has 0 atom stereocenters. The molecule has 0 spiro atoms. The quantitative estimate of drug-likeness (QED) is 0.485. The highest BCUT2D eigenvalue weighted by Gasteiger charge is 2.21. The van der Waals surface area contributed by atoms with Crippen LogP contribution in [-0.4, -0.2) is 28.8 Å².